The van der Waals surface area contributed by atoms with E-state index in [0.717, 1.165) is 35.2 Å². The smallest absolute Gasteiger partial charge is 0.207 e. The Labute approximate surface area is 235 Å². The minimum absolute atomic E-state index is 0.463. The van der Waals surface area contributed by atoms with Gasteiger partial charge in [0.1, 0.15) is 6.61 Å². The van der Waals surface area contributed by atoms with Gasteiger partial charge in [0, 0.05) is 31.2 Å². The predicted octanol–water partition coefficient (Wildman–Crippen LogP) is 7.77. The van der Waals surface area contributed by atoms with Crippen molar-refractivity contribution in [3.63, 3.8) is 0 Å². The van der Waals surface area contributed by atoms with Gasteiger partial charge in [-0.05, 0) is 81.8 Å². The Morgan fingerprint density at radius 3 is 2.39 bits per heavy atom. The highest BCUT2D eigenvalue weighted by atomic mass is 32.1. The van der Waals surface area contributed by atoms with E-state index >= 15 is 0 Å². The van der Waals surface area contributed by atoms with Crippen LogP contribution < -0.4 is 4.80 Å². The lowest BCUT2D eigenvalue weighted by Crippen LogP contribution is -2.33. The average molecular weight is 545 g/mol. The molecule has 4 rings (SSSR count). The number of hydrogen-bond donors (Lipinski definition) is 0. The normalized spacial score (nSPS) is 29.9. The predicted molar refractivity (Wildman–Crippen MR) is 156 cm³/mol. The van der Waals surface area contributed by atoms with E-state index in [1.165, 1.54) is 81.9 Å². The summed E-state index contributed by atoms with van der Waals surface area (Å²) in [6.45, 7) is 7.22. The third-order valence-corrected chi connectivity index (χ3v) is 10.0. The van der Waals surface area contributed by atoms with E-state index in [1.54, 1.807) is 25.6 Å². The quantitative estimate of drug-likeness (QED) is 0.162. The highest BCUT2D eigenvalue weighted by Crippen LogP contribution is 2.38. The summed E-state index contributed by atoms with van der Waals surface area (Å²) in [7, 11) is 3.56. The summed E-state index contributed by atoms with van der Waals surface area (Å²) in [5.41, 5.74) is 0.606. The summed E-state index contributed by atoms with van der Waals surface area (Å²) in [4.78, 5) is 12.1. The maximum absolute atomic E-state index is 5.83. The summed E-state index contributed by atoms with van der Waals surface area (Å²) in [5, 5.41) is 0. The first kappa shape index (κ1) is 29.9. The molecule has 0 radical (unpaired) electrons. The number of aryl methyl sites for hydroxylation is 1. The van der Waals surface area contributed by atoms with Crippen molar-refractivity contribution in [2.75, 3.05) is 20.8 Å². The van der Waals surface area contributed by atoms with Gasteiger partial charge in [0.25, 0.3) is 0 Å². The van der Waals surface area contributed by atoms with Crippen LogP contribution >= 0.6 is 11.3 Å². The summed E-state index contributed by atoms with van der Waals surface area (Å²) in [6, 6.07) is 2.30. The van der Waals surface area contributed by atoms with Gasteiger partial charge in [0.2, 0.25) is 10.5 Å². The molecule has 4 unspecified atom stereocenters. The second-order valence-electron chi connectivity index (χ2n) is 12.5. The van der Waals surface area contributed by atoms with Crippen LogP contribution in [0, 0.1) is 30.6 Å². The SMILES string of the molecule is CCCC1CC(Cc2cc(C)nc(=NC3(C=CC4CCCC4)CO3)s2)CCCCC(CC(C)(OC)OC)C1. The summed E-state index contributed by atoms with van der Waals surface area (Å²) in [6.07, 6.45) is 22.4. The second-order valence-corrected chi connectivity index (χ2v) is 13.6. The molecule has 2 aliphatic carbocycles. The molecule has 214 valence electrons. The molecule has 0 spiro atoms. The van der Waals surface area contributed by atoms with E-state index < -0.39 is 11.5 Å². The lowest BCUT2D eigenvalue weighted by molar-refractivity contribution is -0.205. The fraction of sp³-hybridized carbons (Fsp3) is 0.812. The van der Waals surface area contributed by atoms with E-state index in [4.69, 9.17) is 24.2 Å². The summed E-state index contributed by atoms with van der Waals surface area (Å²) in [5.74, 6) is 2.39. The molecule has 6 heteroatoms. The van der Waals surface area contributed by atoms with Gasteiger partial charge in [-0.25, -0.2) is 9.98 Å². The van der Waals surface area contributed by atoms with Crippen LogP contribution in [0.1, 0.15) is 108 Å². The Kier molecular flexibility index (Phi) is 11.0. The van der Waals surface area contributed by atoms with Crippen LogP contribution in [-0.2, 0) is 20.6 Å². The van der Waals surface area contributed by atoms with E-state index in [-0.39, 0.29) is 0 Å². The number of rotatable bonds is 11. The van der Waals surface area contributed by atoms with Crippen LogP contribution in [0.15, 0.2) is 23.2 Å². The molecule has 38 heavy (non-hydrogen) atoms. The minimum atomic E-state index is -0.472. The number of hydrogen-bond acceptors (Lipinski definition) is 6. The van der Waals surface area contributed by atoms with Gasteiger partial charge in [-0.15, -0.1) is 11.3 Å². The Hall–Kier alpha value is -1.08. The van der Waals surface area contributed by atoms with Gasteiger partial charge in [-0.3, -0.25) is 0 Å². The number of methoxy groups -OCH3 is 2. The number of epoxide rings is 1. The van der Waals surface area contributed by atoms with Crippen LogP contribution in [0.4, 0.5) is 0 Å². The molecule has 5 nitrogen and oxygen atoms in total. The fourth-order valence-corrected chi connectivity index (χ4v) is 7.99. The molecular weight excluding hydrogens is 492 g/mol. The van der Waals surface area contributed by atoms with Crippen molar-refractivity contribution in [1.82, 2.24) is 4.98 Å². The Morgan fingerprint density at radius 2 is 1.74 bits per heavy atom. The van der Waals surface area contributed by atoms with Crippen LogP contribution in [0.3, 0.4) is 0 Å². The van der Waals surface area contributed by atoms with Gasteiger partial charge in [-0.1, -0.05) is 64.4 Å². The summed E-state index contributed by atoms with van der Waals surface area (Å²) < 4.78 is 17.3. The van der Waals surface area contributed by atoms with E-state index in [9.17, 15) is 0 Å². The Bertz CT molecular complexity index is 960. The van der Waals surface area contributed by atoms with Crippen molar-refractivity contribution in [3.8, 4) is 0 Å². The molecule has 0 amide bonds. The van der Waals surface area contributed by atoms with Gasteiger partial charge in [-0.2, -0.15) is 0 Å². The van der Waals surface area contributed by atoms with Crippen LogP contribution in [-0.4, -0.2) is 37.3 Å². The van der Waals surface area contributed by atoms with Crippen molar-refractivity contribution < 1.29 is 14.2 Å². The van der Waals surface area contributed by atoms with Crippen molar-refractivity contribution >= 4 is 11.3 Å². The highest BCUT2D eigenvalue weighted by Gasteiger charge is 2.42. The molecule has 0 aromatic carbocycles. The molecule has 1 aliphatic heterocycles. The number of allylic oxidation sites excluding steroid dienone is 1. The third kappa shape index (κ3) is 8.97. The molecule has 1 saturated heterocycles. The average Bonchev–Trinajstić information content (AvgIpc) is 3.41. The van der Waals surface area contributed by atoms with Crippen molar-refractivity contribution in [2.45, 2.75) is 122 Å². The van der Waals surface area contributed by atoms with Gasteiger partial charge < -0.3 is 14.2 Å². The Morgan fingerprint density at radius 1 is 1.08 bits per heavy atom. The molecule has 0 N–H and O–H groups in total. The topological polar surface area (TPSA) is 56.2 Å². The number of ether oxygens (including phenoxy) is 3. The standard InChI is InChI=1S/C32H52N2O3S/c1-6-11-26-19-27(14-9-10-15-28(20-26)22-31(3,35-4)36-5)21-29-18-24(2)33-30(38-29)34-32(23-37-32)17-16-25-12-7-8-13-25/h16-18,25-28H,6-15,19-23H2,1-5H3. The zero-order chi connectivity index (χ0) is 27.0. The number of nitrogens with zero attached hydrogens (tertiary/aromatic N) is 2. The first-order chi connectivity index (χ1) is 18.3. The maximum atomic E-state index is 5.83. The molecular formula is C32H52N2O3S. The van der Waals surface area contributed by atoms with Crippen molar-refractivity contribution in [1.29, 1.82) is 0 Å². The van der Waals surface area contributed by atoms with E-state index in [0.29, 0.717) is 18.4 Å². The van der Waals surface area contributed by atoms with Crippen molar-refractivity contribution in [2.24, 2.45) is 28.7 Å². The van der Waals surface area contributed by atoms with E-state index in [2.05, 4.69) is 39.0 Å². The fourth-order valence-electron chi connectivity index (χ4n) is 6.82. The molecule has 4 atom stereocenters. The van der Waals surface area contributed by atoms with Crippen LogP contribution in [0.5, 0.6) is 0 Å². The van der Waals surface area contributed by atoms with Crippen LogP contribution in [0.2, 0.25) is 0 Å². The minimum Gasteiger partial charge on any atom is -0.353 e. The first-order valence-electron chi connectivity index (χ1n) is 15.3. The van der Waals surface area contributed by atoms with E-state index in [1.807, 2.05) is 0 Å². The van der Waals surface area contributed by atoms with Crippen molar-refractivity contribution in [3.05, 3.63) is 33.6 Å². The molecule has 0 bridgehead atoms. The highest BCUT2D eigenvalue weighted by molar-refractivity contribution is 7.08. The lowest BCUT2D eigenvalue weighted by Gasteiger charge is -2.32. The lowest BCUT2D eigenvalue weighted by atomic mass is 9.80. The molecule has 2 heterocycles. The van der Waals surface area contributed by atoms with Gasteiger partial charge in [0.15, 0.2) is 5.79 Å². The largest absolute Gasteiger partial charge is 0.353 e. The Balaban J connectivity index is 1.45. The summed E-state index contributed by atoms with van der Waals surface area (Å²) >= 11 is 1.78. The molecule has 1 aromatic heterocycles. The molecule has 3 aliphatic rings. The maximum Gasteiger partial charge on any atom is 0.207 e. The zero-order valence-electron chi connectivity index (χ0n) is 24.7. The third-order valence-electron chi connectivity index (χ3n) is 9.14. The number of aromatic nitrogens is 1. The zero-order valence-corrected chi connectivity index (χ0v) is 25.5. The van der Waals surface area contributed by atoms with Gasteiger partial charge in [0.05, 0.1) is 0 Å². The first-order valence-corrected chi connectivity index (χ1v) is 16.1. The molecule has 3 fully saturated rings. The van der Waals surface area contributed by atoms with Crippen LogP contribution in [0.25, 0.3) is 0 Å². The monoisotopic (exact) mass is 544 g/mol. The molecule has 1 aromatic rings. The second kappa shape index (κ2) is 14.0. The van der Waals surface area contributed by atoms with Gasteiger partial charge >= 0.3 is 0 Å². The molecule has 2 saturated carbocycles.